The maximum Gasteiger partial charge on any atom is 0.229 e. The van der Waals surface area contributed by atoms with E-state index >= 15 is 0 Å². The minimum Gasteiger partial charge on any atom is -0.497 e. The first kappa shape index (κ1) is 16.6. The normalized spacial score (nSPS) is 31.2. The zero-order valence-electron chi connectivity index (χ0n) is 15.4. The van der Waals surface area contributed by atoms with E-state index in [0.29, 0.717) is 6.54 Å². The van der Waals surface area contributed by atoms with Gasteiger partial charge in [0.2, 0.25) is 5.91 Å². The lowest BCUT2D eigenvalue weighted by Gasteiger charge is -2.42. The Bertz CT molecular complexity index is 894. The summed E-state index contributed by atoms with van der Waals surface area (Å²) in [6.07, 6.45) is 5.09. The van der Waals surface area contributed by atoms with Gasteiger partial charge in [-0.05, 0) is 29.7 Å². The molecule has 27 heavy (non-hydrogen) atoms. The summed E-state index contributed by atoms with van der Waals surface area (Å²) in [6, 6.07) is 18.3. The molecule has 1 amide bonds. The molecule has 0 aromatic heterocycles. The van der Waals surface area contributed by atoms with Gasteiger partial charge in [-0.25, -0.2) is 0 Å². The number of fused-ring (bicyclic) bond motifs is 1. The van der Waals surface area contributed by atoms with E-state index in [9.17, 15) is 4.79 Å². The monoisotopic (exact) mass is 361 g/mol. The standard InChI is InChI=1S/C23H23NO3/c1-26-18-9-5-8-17(14-18)20-19-10-11-23(27-19)12-13-24(22(25)21(20)23)15-16-6-3-2-4-7-16/h2-11,14,19-21H,12-13,15H2,1H3/t19-,20+,21+,23-/m1/s1. The summed E-state index contributed by atoms with van der Waals surface area (Å²) in [5, 5.41) is 0. The summed E-state index contributed by atoms with van der Waals surface area (Å²) in [7, 11) is 1.67. The molecule has 2 bridgehead atoms. The molecule has 2 fully saturated rings. The lowest BCUT2D eigenvalue weighted by Crippen LogP contribution is -2.53. The Balaban J connectivity index is 1.48. The van der Waals surface area contributed by atoms with Gasteiger partial charge in [0.25, 0.3) is 0 Å². The van der Waals surface area contributed by atoms with E-state index in [1.54, 1.807) is 7.11 Å². The van der Waals surface area contributed by atoms with Gasteiger partial charge >= 0.3 is 0 Å². The van der Waals surface area contributed by atoms with Crippen LogP contribution >= 0.6 is 0 Å². The molecular formula is C23H23NO3. The Hall–Kier alpha value is -2.59. The molecule has 3 aliphatic heterocycles. The third kappa shape index (κ3) is 2.59. The smallest absolute Gasteiger partial charge is 0.229 e. The third-order valence-electron chi connectivity index (χ3n) is 6.21. The Morgan fingerprint density at radius 2 is 2.04 bits per heavy atom. The molecule has 5 rings (SSSR count). The predicted molar refractivity (Wildman–Crippen MR) is 102 cm³/mol. The fourth-order valence-electron chi connectivity index (χ4n) is 4.92. The van der Waals surface area contributed by atoms with Gasteiger partial charge in [-0.3, -0.25) is 4.79 Å². The first-order valence-electron chi connectivity index (χ1n) is 9.54. The lowest BCUT2D eigenvalue weighted by atomic mass is 9.69. The number of methoxy groups -OCH3 is 1. The second kappa shape index (κ2) is 6.24. The van der Waals surface area contributed by atoms with E-state index in [0.717, 1.165) is 24.3 Å². The Kier molecular flexibility index (Phi) is 3.83. The van der Waals surface area contributed by atoms with Crippen LogP contribution in [0.4, 0.5) is 0 Å². The number of carbonyl (C=O) groups is 1. The van der Waals surface area contributed by atoms with Crippen LogP contribution in [0, 0.1) is 5.92 Å². The largest absolute Gasteiger partial charge is 0.497 e. The quantitative estimate of drug-likeness (QED) is 0.782. The number of hydrogen-bond donors (Lipinski definition) is 0. The highest BCUT2D eigenvalue weighted by Crippen LogP contribution is 2.55. The number of benzene rings is 2. The maximum atomic E-state index is 13.5. The van der Waals surface area contributed by atoms with Crippen molar-refractivity contribution < 1.29 is 14.3 Å². The van der Waals surface area contributed by atoms with Crippen molar-refractivity contribution in [2.75, 3.05) is 13.7 Å². The highest BCUT2D eigenvalue weighted by molar-refractivity contribution is 5.84. The Morgan fingerprint density at radius 3 is 2.85 bits per heavy atom. The second-order valence-electron chi connectivity index (χ2n) is 7.67. The molecule has 0 radical (unpaired) electrons. The van der Waals surface area contributed by atoms with E-state index in [-0.39, 0.29) is 23.8 Å². The fourth-order valence-corrected chi connectivity index (χ4v) is 4.92. The van der Waals surface area contributed by atoms with Crippen molar-refractivity contribution in [2.24, 2.45) is 5.92 Å². The summed E-state index contributed by atoms with van der Waals surface area (Å²) < 4.78 is 11.8. The van der Waals surface area contributed by atoms with Crippen LogP contribution in [-0.4, -0.2) is 36.2 Å². The van der Waals surface area contributed by atoms with Crippen molar-refractivity contribution >= 4 is 5.91 Å². The van der Waals surface area contributed by atoms with Crippen LogP contribution < -0.4 is 4.74 Å². The lowest BCUT2D eigenvalue weighted by molar-refractivity contribution is -0.147. The number of likely N-dealkylation sites (tertiary alicyclic amines) is 1. The molecule has 3 aliphatic rings. The Labute approximate surface area is 159 Å². The summed E-state index contributed by atoms with van der Waals surface area (Å²) in [6.45, 7) is 1.39. The number of carbonyl (C=O) groups excluding carboxylic acids is 1. The van der Waals surface area contributed by atoms with Gasteiger partial charge in [0.15, 0.2) is 0 Å². The van der Waals surface area contributed by atoms with Crippen LogP contribution in [0.3, 0.4) is 0 Å². The van der Waals surface area contributed by atoms with Gasteiger partial charge in [0.05, 0.1) is 19.1 Å². The molecule has 4 atom stereocenters. The van der Waals surface area contributed by atoms with Crippen molar-refractivity contribution in [3.63, 3.8) is 0 Å². The topological polar surface area (TPSA) is 38.8 Å². The molecule has 138 valence electrons. The molecule has 2 saturated heterocycles. The van der Waals surface area contributed by atoms with E-state index in [1.807, 2.05) is 41.3 Å². The van der Waals surface area contributed by atoms with Crippen molar-refractivity contribution in [3.8, 4) is 5.75 Å². The average molecular weight is 361 g/mol. The van der Waals surface area contributed by atoms with E-state index in [4.69, 9.17) is 9.47 Å². The summed E-state index contributed by atoms with van der Waals surface area (Å²) in [5.41, 5.74) is 1.84. The van der Waals surface area contributed by atoms with Gasteiger partial charge in [0.1, 0.15) is 11.4 Å². The van der Waals surface area contributed by atoms with Gasteiger partial charge in [-0.2, -0.15) is 0 Å². The van der Waals surface area contributed by atoms with Gasteiger partial charge in [-0.1, -0.05) is 54.6 Å². The number of piperidine rings is 1. The van der Waals surface area contributed by atoms with Gasteiger partial charge in [-0.15, -0.1) is 0 Å². The summed E-state index contributed by atoms with van der Waals surface area (Å²) in [4.78, 5) is 15.5. The third-order valence-corrected chi connectivity index (χ3v) is 6.21. The molecule has 4 heteroatoms. The number of hydrogen-bond acceptors (Lipinski definition) is 3. The average Bonchev–Trinajstić information content (AvgIpc) is 3.27. The van der Waals surface area contributed by atoms with Crippen LogP contribution in [0.15, 0.2) is 66.7 Å². The summed E-state index contributed by atoms with van der Waals surface area (Å²) in [5.74, 6) is 0.885. The second-order valence-corrected chi connectivity index (χ2v) is 7.67. The van der Waals surface area contributed by atoms with E-state index in [2.05, 4.69) is 30.4 Å². The molecule has 0 aliphatic carbocycles. The fraction of sp³-hybridized carbons (Fsp3) is 0.348. The zero-order valence-corrected chi connectivity index (χ0v) is 15.4. The molecule has 2 aromatic carbocycles. The highest BCUT2D eigenvalue weighted by Gasteiger charge is 2.62. The summed E-state index contributed by atoms with van der Waals surface area (Å²) >= 11 is 0. The van der Waals surface area contributed by atoms with Crippen LogP contribution in [0.1, 0.15) is 23.5 Å². The van der Waals surface area contributed by atoms with Crippen molar-refractivity contribution in [3.05, 3.63) is 77.9 Å². The maximum absolute atomic E-state index is 13.5. The number of nitrogens with zero attached hydrogens (tertiary/aromatic N) is 1. The Morgan fingerprint density at radius 1 is 1.19 bits per heavy atom. The number of rotatable bonds is 4. The van der Waals surface area contributed by atoms with E-state index < -0.39 is 5.60 Å². The predicted octanol–water partition coefficient (Wildman–Crippen LogP) is 3.53. The molecule has 4 nitrogen and oxygen atoms in total. The van der Waals surface area contributed by atoms with Crippen LogP contribution in [0.5, 0.6) is 5.75 Å². The van der Waals surface area contributed by atoms with Crippen LogP contribution in [0.25, 0.3) is 0 Å². The molecule has 3 heterocycles. The molecule has 1 spiro atoms. The number of ether oxygens (including phenoxy) is 2. The van der Waals surface area contributed by atoms with Crippen molar-refractivity contribution in [1.29, 1.82) is 0 Å². The van der Waals surface area contributed by atoms with Gasteiger partial charge < -0.3 is 14.4 Å². The highest BCUT2D eigenvalue weighted by atomic mass is 16.5. The molecular weight excluding hydrogens is 338 g/mol. The molecule has 0 saturated carbocycles. The molecule has 0 N–H and O–H groups in total. The first-order chi connectivity index (χ1) is 13.2. The minimum atomic E-state index is -0.442. The molecule has 0 unspecified atom stereocenters. The van der Waals surface area contributed by atoms with Crippen LogP contribution in [0.2, 0.25) is 0 Å². The van der Waals surface area contributed by atoms with E-state index in [1.165, 1.54) is 5.56 Å². The minimum absolute atomic E-state index is 0.0381. The molecule has 2 aromatic rings. The number of amides is 1. The first-order valence-corrected chi connectivity index (χ1v) is 9.54. The van der Waals surface area contributed by atoms with Crippen LogP contribution in [-0.2, 0) is 16.1 Å². The van der Waals surface area contributed by atoms with Gasteiger partial charge in [0, 0.05) is 19.0 Å². The zero-order chi connectivity index (χ0) is 18.4. The SMILES string of the molecule is COc1cccc([C@@H]2[C@H]3C(=O)N(Cc4ccccc4)CC[C@]34C=C[C@H]2O4)c1. The van der Waals surface area contributed by atoms with Crippen molar-refractivity contribution in [1.82, 2.24) is 4.90 Å². The van der Waals surface area contributed by atoms with Crippen molar-refractivity contribution in [2.45, 2.75) is 30.6 Å².